The zero-order valence-electron chi connectivity index (χ0n) is 9.89. The lowest BCUT2D eigenvalue weighted by Crippen LogP contribution is -2.57. The fourth-order valence-electron chi connectivity index (χ4n) is 1.57. The van der Waals surface area contributed by atoms with E-state index in [1.165, 1.54) is 0 Å². The highest BCUT2D eigenvalue weighted by Crippen LogP contribution is 2.11. The SMILES string of the molecule is C=C/C(=C\N=C(/CCC)N1CC(N)C1)CO. The second-order valence-electron chi connectivity index (χ2n) is 4.03. The number of aliphatic hydroxyl groups excluding tert-OH is 1. The van der Waals surface area contributed by atoms with Gasteiger partial charge in [-0.05, 0) is 12.0 Å². The summed E-state index contributed by atoms with van der Waals surface area (Å²) in [5, 5.41) is 8.98. The van der Waals surface area contributed by atoms with Gasteiger partial charge in [-0.2, -0.15) is 0 Å². The van der Waals surface area contributed by atoms with Crippen LogP contribution in [0.15, 0.2) is 29.4 Å². The molecule has 0 aromatic carbocycles. The first kappa shape index (κ1) is 12.9. The average molecular weight is 223 g/mol. The molecule has 0 aliphatic carbocycles. The molecule has 1 heterocycles. The van der Waals surface area contributed by atoms with Crippen molar-refractivity contribution in [1.29, 1.82) is 0 Å². The molecule has 0 spiro atoms. The predicted octanol–water partition coefficient (Wildman–Crippen LogP) is 0.890. The third kappa shape index (κ3) is 3.47. The lowest BCUT2D eigenvalue weighted by Gasteiger charge is -2.39. The first-order valence-corrected chi connectivity index (χ1v) is 5.70. The van der Waals surface area contributed by atoms with Crippen molar-refractivity contribution in [3.63, 3.8) is 0 Å². The molecular formula is C12H21N3O. The topological polar surface area (TPSA) is 61.8 Å². The number of aliphatic hydroxyl groups is 1. The van der Waals surface area contributed by atoms with E-state index in [1.807, 2.05) is 0 Å². The van der Waals surface area contributed by atoms with Crippen molar-refractivity contribution in [2.24, 2.45) is 10.7 Å². The van der Waals surface area contributed by atoms with E-state index in [1.54, 1.807) is 12.3 Å². The number of hydrogen-bond donors (Lipinski definition) is 2. The van der Waals surface area contributed by atoms with Crippen LogP contribution < -0.4 is 5.73 Å². The summed E-state index contributed by atoms with van der Waals surface area (Å²) in [5.41, 5.74) is 6.48. The summed E-state index contributed by atoms with van der Waals surface area (Å²) >= 11 is 0. The lowest BCUT2D eigenvalue weighted by atomic mass is 10.1. The van der Waals surface area contributed by atoms with Crippen molar-refractivity contribution in [3.05, 3.63) is 24.4 Å². The van der Waals surface area contributed by atoms with Crippen molar-refractivity contribution in [2.45, 2.75) is 25.8 Å². The Kier molecular flexibility index (Phi) is 5.22. The van der Waals surface area contributed by atoms with E-state index in [0.717, 1.165) is 37.3 Å². The molecule has 90 valence electrons. The molecule has 4 heteroatoms. The van der Waals surface area contributed by atoms with Gasteiger partial charge in [-0.25, -0.2) is 4.99 Å². The Morgan fingerprint density at radius 2 is 2.31 bits per heavy atom. The maximum Gasteiger partial charge on any atom is 0.104 e. The zero-order valence-corrected chi connectivity index (χ0v) is 9.89. The van der Waals surface area contributed by atoms with E-state index in [4.69, 9.17) is 10.8 Å². The molecule has 0 amide bonds. The van der Waals surface area contributed by atoms with Gasteiger partial charge in [0.05, 0.1) is 6.61 Å². The minimum atomic E-state index is -0.0219. The highest BCUT2D eigenvalue weighted by molar-refractivity contribution is 5.83. The minimum Gasteiger partial charge on any atom is -0.392 e. The van der Waals surface area contributed by atoms with Gasteiger partial charge in [0.25, 0.3) is 0 Å². The number of likely N-dealkylation sites (tertiary alicyclic amines) is 1. The largest absolute Gasteiger partial charge is 0.392 e. The number of aliphatic imine (C=N–C) groups is 1. The Morgan fingerprint density at radius 1 is 1.62 bits per heavy atom. The molecule has 1 fully saturated rings. The Bertz CT molecular complexity index is 291. The van der Waals surface area contributed by atoms with Crippen molar-refractivity contribution >= 4 is 5.84 Å². The molecule has 0 unspecified atom stereocenters. The Balaban J connectivity index is 2.65. The van der Waals surface area contributed by atoms with Crippen molar-refractivity contribution in [2.75, 3.05) is 19.7 Å². The second-order valence-corrected chi connectivity index (χ2v) is 4.03. The lowest BCUT2D eigenvalue weighted by molar-refractivity contribution is 0.249. The first-order chi connectivity index (χ1) is 7.71. The predicted molar refractivity (Wildman–Crippen MR) is 67.3 cm³/mol. The van der Waals surface area contributed by atoms with E-state index < -0.39 is 0 Å². The number of nitrogens with zero attached hydrogens (tertiary/aromatic N) is 2. The van der Waals surface area contributed by atoms with Gasteiger partial charge in [-0.1, -0.05) is 19.6 Å². The summed E-state index contributed by atoms with van der Waals surface area (Å²) in [6.07, 6.45) is 5.30. The van der Waals surface area contributed by atoms with Gasteiger partial charge in [-0.3, -0.25) is 0 Å². The maximum absolute atomic E-state index is 8.98. The molecule has 0 radical (unpaired) electrons. The summed E-state index contributed by atoms with van der Waals surface area (Å²) < 4.78 is 0. The van der Waals surface area contributed by atoms with Crippen molar-refractivity contribution in [1.82, 2.24) is 4.90 Å². The van der Waals surface area contributed by atoms with Crippen molar-refractivity contribution in [3.8, 4) is 0 Å². The van der Waals surface area contributed by atoms with Crippen molar-refractivity contribution < 1.29 is 5.11 Å². The number of nitrogens with two attached hydrogens (primary N) is 1. The van der Waals surface area contributed by atoms with Crippen LogP contribution in [0, 0.1) is 0 Å². The molecule has 3 N–H and O–H groups in total. The molecule has 0 saturated carbocycles. The highest BCUT2D eigenvalue weighted by atomic mass is 16.3. The van der Waals surface area contributed by atoms with Crippen LogP contribution in [0.1, 0.15) is 19.8 Å². The van der Waals surface area contributed by atoms with Crippen LogP contribution in [0.4, 0.5) is 0 Å². The number of rotatable bonds is 5. The molecule has 0 aromatic rings. The molecule has 0 bridgehead atoms. The van der Waals surface area contributed by atoms with Crippen LogP contribution in [-0.2, 0) is 0 Å². The fraction of sp³-hybridized carbons (Fsp3) is 0.583. The molecular weight excluding hydrogens is 202 g/mol. The third-order valence-corrected chi connectivity index (χ3v) is 2.57. The van der Waals surface area contributed by atoms with Crippen LogP contribution in [0.25, 0.3) is 0 Å². The summed E-state index contributed by atoms with van der Waals surface area (Å²) in [6.45, 7) is 7.49. The standard InChI is InChI=1S/C12H21N3O/c1-3-5-12(15-7-11(13)8-15)14-6-10(4-2)9-16/h4,6,11,16H,2-3,5,7-9,13H2,1H3/b10-6+,14-12+. The molecule has 1 aliphatic heterocycles. The Morgan fingerprint density at radius 3 is 2.75 bits per heavy atom. The molecule has 1 aliphatic rings. The van der Waals surface area contributed by atoms with Crippen LogP contribution in [0.3, 0.4) is 0 Å². The summed E-state index contributed by atoms with van der Waals surface area (Å²) in [7, 11) is 0. The Hall–Kier alpha value is -1.13. The van der Waals surface area contributed by atoms with Crippen LogP contribution >= 0.6 is 0 Å². The van der Waals surface area contributed by atoms with Gasteiger partial charge < -0.3 is 15.7 Å². The number of hydrogen-bond acceptors (Lipinski definition) is 3. The minimum absolute atomic E-state index is 0.0219. The van der Waals surface area contributed by atoms with Gasteiger partial charge >= 0.3 is 0 Å². The van der Waals surface area contributed by atoms with Gasteiger partial charge in [0.1, 0.15) is 5.84 Å². The third-order valence-electron chi connectivity index (χ3n) is 2.57. The van der Waals surface area contributed by atoms with Gasteiger partial charge in [0.15, 0.2) is 0 Å². The monoisotopic (exact) mass is 223 g/mol. The molecule has 0 aromatic heterocycles. The van der Waals surface area contributed by atoms with Crippen LogP contribution in [0.2, 0.25) is 0 Å². The van der Waals surface area contributed by atoms with Gasteiger partial charge in [0, 0.05) is 31.8 Å². The van der Waals surface area contributed by atoms with E-state index >= 15 is 0 Å². The summed E-state index contributed by atoms with van der Waals surface area (Å²) in [4.78, 5) is 6.59. The smallest absolute Gasteiger partial charge is 0.104 e. The molecule has 4 nitrogen and oxygen atoms in total. The highest BCUT2D eigenvalue weighted by Gasteiger charge is 2.25. The van der Waals surface area contributed by atoms with Gasteiger partial charge in [0.2, 0.25) is 0 Å². The normalized spacial score (nSPS) is 18.6. The number of amidine groups is 1. The fourth-order valence-corrected chi connectivity index (χ4v) is 1.57. The maximum atomic E-state index is 8.98. The quantitative estimate of drug-likeness (QED) is 0.413. The van der Waals surface area contributed by atoms with Crippen LogP contribution in [0.5, 0.6) is 0 Å². The van der Waals surface area contributed by atoms with E-state index in [2.05, 4.69) is 23.4 Å². The summed E-state index contributed by atoms with van der Waals surface area (Å²) in [6, 6.07) is 0.280. The zero-order chi connectivity index (χ0) is 12.0. The molecule has 0 atom stereocenters. The first-order valence-electron chi connectivity index (χ1n) is 5.70. The molecule has 1 saturated heterocycles. The van der Waals surface area contributed by atoms with E-state index in [9.17, 15) is 0 Å². The summed E-state index contributed by atoms with van der Waals surface area (Å²) in [5.74, 6) is 1.05. The second kappa shape index (κ2) is 6.45. The van der Waals surface area contributed by atoms with Gasteiger partial charge in [-0.15, -0.1) is 0 Å². The van der Waals surface area contributed by atoms with E-state index in [0.29, 0.717) is 0 Å². The van der Waals surface area contributed by atoms with Crippen LogP contribution in [-0.4, -0.2) is 41.6 Å². The van der Waals surface area contributed by atoms with E-state index in [-0.39, 0.29) is 12.6 Å². The molecule has 16 heavy (non-hydrogen) atoms. The average Bonchev–Trinajstić information content (AvgIpc) is 2.25. The molecule has 1 rings (SSSR count). The Labute approximate surface area is 97.2 Å².